The van der Waals surface area contributed by atoms with E-state index in [-0.39, 0.29) is 0 Å². The van der Waals surface area contributed by atoms with E-state index in [9.17, 15) is 0 Å². The maximum Gasteiger partial charge on any atom is 0.0415 e. The molecule has 110 valence electrons. The van der Waals surface area contributed by atoms with Crippen molar-refractivity contribution in [2.75, 3.05) is 18.5 Å². The predicted octanol–water partition coefficient (Wildman–Crippen LogP) is 4.22. The van der Waals surface area contributed by atoms with E-state index in [1.165, 1.54) is 56.3 Å². The van der Waals surface area contributed by atoms with Crippen molar-refractivity contribution in [2.45, 2.75) is 51.1 Å². The molecule has 1 unspecified atom stereocenters. The molecule has 2 nitrogen and oxygen atoms in total. The molecule has 3 heteroatoms. The summed E-state index contributed by atoms with van der Waals surface area (Å²) in [6, 6.07) is 7.15. The van der Waals surface area contributed by atoms with E-state index in [1.807, 2.05) is 13.1 Å². The fraction of sp³-hybridized carbons (Fsp3) is 0.647. The van der Waals surface area contributed by atoms with Gasteiger partial charge in [0.05, 0.1) is 0 Å². The summed E-state index contributed by atoms with van der Waals surface area (Å²) in [5.74, 6) is 0.913. The highest BCUT2D eigenvalue weighted by Crippen LogP contribution is 2.39. The Labute approximate surface area is 127 Å². The van der Waals surface area contributed by atoms with E-state index >= 15 is 0 Å². The first-order valence-electron chi connectivity index (χ1n) is 7.99. The zero-order chi connectivity index (χ0) is 13.9. The van der Waals surface area contributed by atoms with Crippen molar-refractivity contribution in [1.29, 1.82) is 0 Å². The molecule has 1 N–H and O–H groups in total. The Morgan fingerprint density at radius 3 is 2.75 bits per heavy atom. The first kappa shape index (κ1) is 14.2. The Balaban J connectivity index is 1.86. The molecule has 0 amide bonds. The normalized spacial score (nSPS) is 23.7. The van der Waals surface area contributed by atoms with Crippen LogP contribution in [0, 0.1) is 5.92 Å². The number of rotatable bonds is 4. The lowest BCUT2D eigenvalue weighted by Gasteiger charge is -2.33. The van der Waals surface area contributed by atoms with E-state index in [2.05, 4.69) is 22.3 Å². The molecule has 1 saturated heterocycles. The number of hydrogen-bond acceptors (Lipinski definition) is 2. The van der Waals surface area contributed by atoms with Gasteiger partial charge in [0.1, 0.15) is 0 Å². The molecule has 3 rings (SSSR count). The van der Waals surface area contributed by atoms with Crippen LogP contribution in [0.2, 0.25) is 5.02 Å². The molecule has 2 aliphatic rings. The van der Waals surface area contributed by atoms with Gasteiger partial charge in [-0.1, -0.05) is 24.4 Å². The monoisotopic (exact) mass is 292 g/mol. The number of anilines is 1. The van der Waals surface area contributed by atoms with Crippen molar-refractivity contribution in [2.24, 2.45) is 5.92 Å². The van der Waals surface area contributed by atoms with Crippen LogP contribution in [-0.4, -0.2) is 19.6 Å². The standard InChI is InChI=1S/C17H25ClN2/c1-19-12-14-11-15(18)8-9-17(14)20-10-4-7-16(20)13-5-2-3-6-13/h8-9,11,13,16,19H,2-7,10,12H2,1H3. The zero-order valence-electron chi connectivity index (χ0n) is 12.4. The topological polar surface area (TPSA) is 15.3 Å². The van der Waals surface area contributed by atoms with Crippen LogP contribution in [0.25, 0.3) is 0 Å². The van der Waals surface area contributed by atoms with Gasteiger partial charge in [0.25, 0.3) is 0 Å². The molecular formula is C17H25ClN2. The van der Waals surface area contributed by atoms with E-state index < -0.39 is 0 Å². The molecule has 1 heterocycles. The minimum atomic E-state index is 0.759. The van der Waals surface area contributed by atoms with Gasteiger partial charge < -0.3 is 10.2 Å². The van der Waals surface area contributed by atoms with Crippen LogP contribution in [-0.2, 0) is 6.54 Å². The van der Waals surface area contributed by atoms with Crippen LogP contribution in [0.5, 0.6) is 0 Å². The molecule has 1 saturated carbocycles. The van der Waals surface area contributed by atoms with Gasteiger partial charge in [-0.25, -0.2) is 0 Å². The smallest absolute Gasteiger partial charge is 0.0415 e. The summed E-state index contributed by atoms with van der Waals surface area (Å²) in [6.45, 7) is 2.10. The van der Waals surface area contributed by atoms with Gasteiger partial charge in [0, 0.05) is 29.8 Å². The van der Waals surface area contributed by atoms with Crippen LogP contribution < -0.4 is 10.2 Å². The van der Waals surface area contributed by atoms with Crippen LogP contribution in [0.15, 0.2) is 18.2 Å². The molecule has 1 atom stereocenters. The Bertz CT molecular complexity index is 454. The van der Waals surface area contributed by atoms with Crippen LogP contribution in [0.1, 0.15) is 44.1 Å². The fourth-order valence-corrected chi connectivity index (χ4v) is 4.28. The molecule has 0 aromatic heterocycles. The van der Waals surface area contributed by atoms with Gasteiger partial charge in [-0.3, -0.25) is 0 Å². The number of hydrogen-bond donors (Lipinski definition) is 1. The Morgan fingerprint density at radius 2 is 2.00 bits per heavy atom. The SMILES string of the molecule is CNCc1cc(Cl)ccc1N1CCCC1C1CCCC1. The summed E-state index contributed by atoms with van der Waals surface area (Å²) in [4.78, 5) is 2.67. The van der Waals surface area contributed by atoms with Gasteiger partial charge >= 0.3 is 0 Å². The molecule has 0 radical (unpaired) electrons. The third-order valence-electron chi connectivity index (χ3n) is 4.96. The van der Waals surface area contributed by atoms with Crippen molar-refractivity contribution >= 4 is 17.3 Å². The Hall–Kier alpha value is -0.730. The van der Waals surface area contributed by atoms with E-state index in [0.717, 1.165) is 23.5 Å². The number of benzene rings is 1. The summed E-state index contributed by atoms with van der Waals surface area (Å²) in [5.41, 5.74) is 2.74. The lowest BCUT2D eigenvalue weighted by molar-refractivity contribution is 0.430. The van der Waals surface area contributed by atoms with Crippen LogP contribution in [0.3, 0.4) is 0 Å². The minimum Gasteiger partial charge on any atom is -0.368 e. The lowest BCUT2D eigenvalue weighted by Crippen LogP contribution is -2.35. The Morgan fingerprint density at radius 1 is 1.20 bits per heavy atom. The summed E-state index contributed by atoms with van der Waals surface area (Å²) in [5, 5.41) is 4.12. The third-order valence-corrected chi connectivity index (χ3v) is 5.20. The van der Waals surface area contributed by atoms with Gasteiger partial charge in [0.2, 0.25) is 0 Å². The molecule has 1 aliphatic heterocycles. The highest BCUT2D eigenvalue weighted by Gasteiger charge is 2.34. The third kappa shape index (κ3) is 2.82. The predicted molar refractivity (Wildman–Crippen MR) is 86.5 cm³/mol. The summed E-state index contributed by atoms with van der Waals surface area (Å²) in [7, 11) is 2.00. The summed E-state index contributed by atoms with van der Waals surface area (Å²) < 4.78 is 0. The highest BCUT2D eigenvalue weighted by molar-refractivity contribution is 6.30. The first-order chi connectivity index (χ1) is 9.79. The van der Waals surface area contributed by atoms with Crippen molar-refractivity contribution in [1.82, 2.24) is 5.32 Å². The largest absolute Gasteiger partial charge is 0.368 e. The first-order valence-corrected chi connectivity index (χ1v) is 8.37. The van der Waals surface area contributed by atoms with E-state index in [1.54, 1.807) is 0 Å². The maximum atomic E-state index is 6.18. The molecule has 0 spiro atoms. The van der Waals surface area contributed by atoms with Gasteiger partial charge in [-0.15, -0.1) is 0 Å². The minimum absolute atomic E-state index is 0.759. The fourth-order valence-electron chi connectivity index (χ4n) is 4.09. The van der Waals surface area contributed by atoms with Crippen molar-refractivity contribution in [3.63, 3.8) is 0 Å². The second-order valence-electron chi connectivity index (χ2n) is 6.25. The molecule has 2 fully saturated rings. The average molecular weight is 293 g/mol. The van der Waals surface area contributed by atoms with Crippen LogP contribution in [0.4, 0.5) is 5.69 Å². The summed E-state index contributed by atoms with van der Waals surface area (Å²) >= 11 is 6.18. The summed E-state index contributed by atoms with van der Waals surface area (Å²) in [6.07, 6.45) is 8.42. The van der Waals surface area contributed by atoms with Gasteiger partial charge in [-0.05, 0) is 62.4 Å². The molecule has 1 aliphatic carbocycles. The number of nitrogens with zero attached hydrogens (tertiary/aromatic N) is 1. The van der Waals surface area contributed by atoms with Crippen molar-refractivity contribution in [3.8, 4) is 0 Å². The van der Waals surface area contributed by atoms with Gasteiger partial charge in [-0.2, -0.15) is 0 Å². The molecule has 1 aromatic carbocycles. The van der Waals surface area contributed by atoms with E-state index in [4.69, 9.17) is 11.6 Å². The van der Waals surface area contributed by atoms with Crippen LogP contribution >= 0.6 is 11.6 Å². The Kier molecular flexibility index (Phi) is 4.52. The number of nitrogens with one attached hydrogen (secondary N) is 1. The highest BCUT2D eigenvalue weighted by atomic mass is 35.5. The lowest BCUT2D eigenvalue weighted by atomic mass is 9.95. The van der Waals surface area contributed by atoms with Crippen molar-refractivity contribution in [3.05, 3.63) is 28.8 Å². The molecule has 0 bridgehead atoms. The maximum absolute atomic E-state index is 6.18. The molecular weight excluding hydrogens is 268 g/mol. The van der Waals surface area contributed by atoms with Gasteiger partial charge in [0.15, 0.2) is 0 Å². The van der Waals surface area contributed by atoms with Crippen molar-refractivity contribution < 1.29 is 0 Å². The second kappa shape index (κ2) is 6.36. The zero-order valence-corrected chi connectivity index (χ0v) is 13.1. The second-order valence-corrected chi connectivity index (χ2v) is 6.69. The quantitative estimate of drug-likeness (QED) is 0.894. The number of halogens is 1. The average Bonchev–Trinajstić information content (AvgIpc) is 3.10. The van der Waals surface area contributed by atoms with E-state index in [0.29, 0.717) is 0 Å². The molecule has 20 heavy (non-hydrogen) atoms. The molecule has 1 aromatic rings.